The molecule has 0 aliphatic rings. The molecular formula is C15H12ClN3OS3. The Morgan fingerprint density at radius 2 is 1.96 bits per heavy atom. The second-order valence-corrected chi connectivity index (χ2v) is 8.62. The lowest BCUT2D eigenvalue weighted by Crippen LogP contribution is -2.09. The van der Waals surface area contributed by atoms with Crippen LogP contribution in [0, 0.1) is 6.92 Å². The van der Waals surface area contributed by atoms with E-state index in [4.69, 9.17) is 11.6 Å². The van der Waals surface area contributed by atoms with E-state index in [0.29, 0.717) is 14.3 Å². The molecule has 0 unspecified atom stereocenters. The van der Waals surface area contributed by atoms with E-state index in [9.17, 15) is 4.79 Å². The Hall–Kier alpha value is -1.41. The molecule has 0 spiro atoms. The predicted molar refractivity (Wildman–Crippen MR) is 97.9 cm³/mol. The van der Waals surface area contributed by atoms with Crippen LogP contribution in [-0.2, 0) is 5.75 Å². The Morgan fingerprint density at radius 3 is 2.65 bits per heavy atom. The van der Waals surface area contributed by atoms with Crippen molar-refractivity contribution < 1.29 is 4.79 Å². The number of rotatable bonds is 5. The van der Waals surface area contributed by atoms with E-state index in [1.807, 2.05) is 0 Å². The van der Waals surface area contributed by atoms with Crippen molar-refractivity contribution in [2.75, 3.05) is 5.32 Å². The molecule has 23 heavy (non-hydrogen) atoms. The molecule has 1 amide bonds. The van der Waals surface area contributed by atoms with Gasteiger partial charge in [0, 0.05) is 5.75 Å². The van der Waals surface area contributed by atoms with E-state index < -0.39 is 0 Å². The van der Waals surface area contributed by atoms with Gasteiger partial charge < -0.3 is 0 Å². The number of carbonyl (C=O) groups is 1. The third-order valence-electron chi connectivity index (χ3n) is 2.91. The van der Waals surface area contributed by atoms with Crippen LogP contribution in [0.4, 0.5) is 5.13 Å². The van der Waals surface area contributed by atoms with E-state index in [1.54, 1.807) is 23.9 Å². The van der Waals surface area contributed by atoms with Crippen LogP contribution in [-0.4, -0.2) is 16.1 Å². The van der Waals surface area contributed by atoms with Crippen molar-refractivity contribution >= 4 is 57.1 Å². The van der Waals surface area contributed by atoms with Crippen LogP contribution in [0.3, 0.4) is 0 Å². The third-order valence-corrected chi connectivity index (χ3v) is 6.18. The zero-order valence-electron chi connectivity index (χ0n) is 12.1. The summed E-state index contributed by atoms with van der Waals surface area (Å²) in [5, 5.41) is 11.3. The van der Waals surface area contributed by atoms with Gasteiger partial charge in [0.15, 0.2) is 4.34 Å². The number of aryl methyl sites for hydroxylation is 1. The maximum absolute atomic E-state index is 12.0. The fraction of sp³-hybridized carbons (Fsp3) is 0.133. The average molecular weight is 382 g/mol. The number of halogens is 1. The van der Waals surface area contributed by atoms with Crippen LogP contribution in [0.2, 0.25) is 4.34 Å². The molecule has 8 heteroatoms. The van der Waals surface area contributed by atoms with Gasteiger partial charge in [-0.2, -0.15) is 0 Å². The van der Waals surface area contributed by atoms with Gasteiger partial charge in [-0.1, -0.05) is 64.5 Å². The Bertz CT molecular complexity index is 813. The molecule has 0 aliphatic heterocycles. The predicted octanol–water partition coefficient (Wildman–Crippen LogP) is 5.11. The van der Waals surface area contributed by atoms with Crippen molar-refractivity contribution in [1.82, 2.24) is 10.2 Å². The van der Waals surface area contributed by atoms with Crippen molar-refractivity contribution in [3.8, 4) is 0 Å². The SMILES string of the molecule is Cc1ccc(CSc2nnc(NC(=O)c3ccc(Cl)s3)s2)cc1. The maximum atomic E-state index is 12.0. The highest BCUT2D eigenvalue weighted by Gasteiger charge is 2.12. The van der Waals surface area contributed by atoms with E-state index in [0.717, 1.165) is 10.1 Å². The number of thioether (sulfide) groups is 1. The van der Waals surface area contributed by atoms with E-state index >= 15 is 0 Å². The van der Waals surface area contributed by atoms with Gasteiger partial charge in [-0.05, 0) is 24.6 Å². The van der Waals surface area contributed by atoms with E-state index in [1.165, 1.54) is 33.8 Å². The summed E-state index contributed by atoms with van der Waals surface area (Å²) < 4.78 is 1.41. The van der Waals surface area contributed by atoms with Crippen LogP contribution >= 0.6 is 46.0 Å². The van der Waals surface area contributed by atoms with Gasteiger partial charge in [-0.25, -0.2) is 0 Å². The molecule has 0 saturated carbocycles. The molecule has 1 N–H and O–H groups in total. The molecular weight excluding hydrogens is 370 g/mol. The third kappa shape index (κ3) is 4.54. The zero-order chi connectivity index (χ0) is 16.2. The lowest BCUT2D eigenvalue weighted by Gasteiger charge is -1.99. The molecule has 2 heterocycles. The molecule has 3 aromatic rings. The Labute approximate surface area is 150 Å². The first kappa shape index (κ1) is 16.4. The van der Waals surface area contributed by atoms with Gasteiger partial charge in [0.05, 0.1) is 9.21 Å². The van der Waals surface area contributed by atoms with Crippen molar-refractivity contribution in [3.05, 3.63) is 56.7 Å². The fourth-order valence-corrected chi connectivity index (χ4v) is 4.38. The summed E-state index contributed by atoms with van der Waals surface area (Å²) in [6, 6.07) is 11.8. The van der Waals surface area contributed by atoms with Gasteiger partial charge in [0.2, 0.25) is 5.13 Å². The quantitative estimate of drug-likeness (QED) is 0.493. The minimum Gasteiger partial charge on any atom is -0.296 e. The number of nitrogens with one attached hydrogen (secondary N) is 1. The number of carbonyl (C=O) groups excluding carboxylic acids is 1. The number of thiophene rings is 1. The van der Waals surface area contributed by atoms with Gasteiger partial charge in [0.25, 0.3) is 5.91 Å². The maximum Gasteiger partial charge on any atom is 0.267 e. The molecule has 4 nitrogen and oxygen atoms in total. The number of benzene rings is 1. The monoisotopic (exact) mass is 381 g/mol. The zero-order valence-corrected chi connectivity index (χ0v) is 15.3. The molecule has 0 saturated heterocycles. The van der Waals surface area contributed by atoms with Crippen LogP contribution < -0.4 is 5.32 Å². The normalized spacial score (nSPS) is 10.7. The molecule has 3 rings (SSSR count). The van der Waals surface area contributed by atoms with E-state index in [2.05, 4.69) is 46.7 Å². The molecule has 0 aliphatic carbocycles. The highest BCUT2D eigenvalue weighted by Crippen LogP contribution is 2.29. The second kappa shape index (κ2) is 7.44. The van der Waals surface area contributed by atoms with Crippen molar-refractivity contribution in [2.24, 2.45) is 0 Å². The Kier molecular flexibility index (Phi) is 5.32. The van der Waals surface area contributed by atoms with Crippen LogP contribution in [0.15, 0.2) is 40.7 Å². The number of aromatic nitrogens is 2. The van der Waals surface area contributed by atoms with Crippen LogP contribution in [0.5, 0.6) is 0 Å². The minimum absolute atomic E-state index is 0.215. The lowest BCUT2D eigenvalue weighted by molar-refractivity contribution is 0.103. The smallest absolute Gasteiger partial charge is 0.267 e. The molecule has 0 fully saturated rings. The Morgan fingerprint density at radius 1 is 1.17 bits per heavy atom. The van der Waals surface area contributed by atoms with Crippen molar-refractivity contribution in [1.29, 1.82) is 0 Å². The molecule has 118 valence electrons. The number of hydrogen-bond donors (Lipinski definition) is 1. The first-order valence-corrected chi connectivity index (χ1v) is 9.68. The molecule has 1 aromatic carbocycles. The summed E-state index contributed by atoms with van der Waals surface area (Å²) >= 11 is 10.0. The van der Waals surface area contributed by atoms with Gasteiger partial charge in [-0.15, -0.1) is 21.5 Å². The van der Waals surface area contributed by atoms with Crippen molar-refractivity contribution in [3.63, 3.8) is 0 Å². The number of anilines is 1. The molecule has 0 radical (unpaired) electrons. The summed E-state index contributed by atoms with van der Waals surface area (Å²) in [4.78, 5) is 12.6. The molecule has 2 aromatic heterocycles. The minimum atomic E-state index is -0.215. The second-order valence-electron chi connectivity index (χ2n) is 4.71. The summed E-state index contributed by atoms with van der Waals surface area (Å²) in [5.41, 5.74) is 2.47. The standard InChI is InChI=1S/C15H12ClN3OS3/c1-9-2-4-10(5-3-9)8-21-15-19-18-14(23-15)17-13(20)11-6-7-12(16)22-11/h2-7H,8H2,1H3,(H,17,18,20). The van der Waals surface area contributed by atoms with Gasteiger partial charge >= 0.3 is 0 Å². The first-order chi connectivity index (χ1) is 11.1. The summed E-state index contributed by atoms with van der Waals surface area (Å²) in [5.74, 6) is 0.608. The summed E-state index contributed by atoms with van der Waals surface area (Å²) in [6.45, 7) is 2.07. The molecule has 0 bridgehead atoms. The summed E-state index contributed by atoms with van der Waals surface area (Å²) in [6.07, 6.45) is 0. The van der Waals surface area contributed by atoms with Gasteiger partial charge in [0.1, 0.15) is 0 Å². The molecule has 0 atom stereocenters. The van der Waals surface area contributed by atoms with Gasteiger partial charge in [-0.3, -0.25) is 10.1 Å². The average Bonchev–Trinajstić information content (AvgIpc) is 3.16. The summed E-state index contributed by atoms with van der Waals surface area (Å²) in [7, 11) is 0. The highest BCUT2D eigenvalue weighted by atomic mass is 35.5. The van der Waals surface area contributed by atoms with Crippen LogP contribution in [0.25, 0.3) is 0 Å². The fourth-order valence-electron chi connectivity index (χ4n) is 1.74. The van der Waals surface area contributed by atoms with Crippen molar-refractivity contribution in [2.45, 2.75) is 17.0 Å². The lowest BCUT2D eigenvalue weighted by atomic mass is 10.2. The topological polar surface area (TPSA) is 54.9 Å². The van der Waals surface area contributed by atoms with Crippen LogP contribution in [0.1, 0.15) is 20.8 Å². The van der Waals surface area contributed by atoms with E-state index in [-0.39, 0.29) is 5.91 Å². The first-order valence-electron chi connectivity index (χ1n) is 6.69. The Balaban J connectivity index is 1.57. The number of amides is 1. The number of nitrogens with zero attached hydrogens (tertiary/aromatic N) is 2. The largest absolute Gasteiger partial charge is 0.296 e. The highest BCUT2D eigenvalue weighted by molar-refractivity contribution is 8.00. The number of hydrogen-bond acceptors (Lipinski definition) is 6.